The number of esters is 1. The first-order valence-corrected chi connectivity index (χ1v) is 4.22. The molecule has 1 N–H and O–H groups in total. The second kappa shape index (κ2) is 4.42. The molecule has 1 fully saturated rings. The van der Waals surface area contributed by atoms with Crippen LogP contribution in [0.25, 0.3) is 0 Å². The van der Waals surface area contributed by atoms with Gasteiger partial charge in [0.2, 0.25) is 0 Å². The van der Waals surface area contributed by atoms with Gasteiger partial charge >= 0.3 is 5.97 Å². The third-order valence-corrected chi connectivity index (χ3v) is 1.62. The number of carbonyl (C=O) groups is 1. The highest BCUT2D eigenvalue weighted by molar-refractivity contribution is 5.71. The lowest BCUT2D eigenvalue weighted by molar-refractivity contribution is -0.160. The molecule has 0 aromatic heterocycles. The van der Waals surface area contributed by atoms with Gasteiger partial charge in [-0.25, -0.2) is 0 Å². The summed E-state index contributed by atoms with van der Waals surface area (Å²) in [6.45, 7) is 5.52. The van der Waals surface area contributed by atoms with Crippen LogP contribution >= 0.6 is 0 Å². The van der Waals surface area contributed by atoms with Crippen LogP contribution in [-0.4, -0.2) is 32.0 Å². The molecular formula is C8H15NO3. The summed E-state index contributed by atoms with van der Waals surface area (Å²) < 4.78 is 10.2. The van der Waals surface area contributed by atoms with Crippen molar-refractivity contribution in [3.63, 3.8) is 0 Å². The molecule has 0 bridgehead atoms. The predicted octanol–water partition coefficient (Wildman–Crippen LogP) is 0.132. The number of carbonyl (C=O) groups excluding carboxylic acids is 1. The number of hydrogen-bond acceptors (Lipinski definition) is 4. The van der Waals surface area contributed by atoms with E-state index in [9.17, 15) is 4.79 Å². The average molecular weight is 173 g/mol. The molecule has 4 nitrogen and oxygen atoms in total. The Balaban J connectivity index is 2.24. The monoisotopic (exact) mass is 173 g/mol. The quantitative estimate of drug-likeness (QED) is 0.603. The molecule has 1 heterocycles. The first kappa shape index (κ1) is 9.48. The van der Waals surface area contributed by atoms with Gasteiger partial charge in [0.05, 0.1) is 19.1 Å². The van der Waals surface area contributed by atoms with Gasteiger partial charge in [0.25, 0.3) is 0 Å². The second-order valence-corrected chi connectivity index (χ2v) is 3.11. The Hall–Kier alpha value is -0.610. The fourth-order valence-electron chi connectivity index (χ4n) is 0.893. The van der Waals surface area contributed by atoms with E-state index < -0.39 is 0 Å². The molecule has 0 aliphatic carbocycles. The molecule has 1 aliphatic rings. The molecular weight excluding hydrogens is 158 g/mol. The summed E-state index contributed by atoms with van der Waals surface area (Å²) in [5.74, 6) is -0.258. The molecule has 1 rings (SSSR count). The lowest BCUT2D eigenvalue weighted by Crippen LogP contribution is -2.44. The van der Waals surface area contributed by atoms with Crippen molar-refractivity contribution in [2.45, 2.75) is 20.1 Å². The Labute approximate surface area is 72.2 Å². The van der Waals surface area contributed by atoms with Gasteiger partial charge in [-0.15, -0.1) is 0 Å². The zero-order valence-corrected chi connectivity index (χ0v) is 7.50. The SMILES string of the molecule is CC(C)C(=O)OC1COCCN1. The number of ether oxygens (including phenoxy) is 2. The van der Waals surface area contributed by atoms with Crippen LogP contribution in [0.3, 0.4) is 0 Å². The zero-order chi connectivity index (χ0) is 8.97. The highest BCUT2D eigenvalue weighted by Gasteiger charge is 2.18. The number of rotatable bonds is 2. The zero-order valence-electron chi connectivity index (χ0n) is 7.50. The summed E-state index contributed by atoms with van der Waals surface area (Å²) in [5.41, 5.74) is 0. The van der Waals surface area contributed by atoms with Gasteiger partial charge < -0.3 is 9.47 Å². The van der Waals surface area contributed by atoms with Crippen LogP contribution in [0.5, 0.6) is 0 Å². The van der Waals surface area contributed by atoms with E-state index >= 15 is 0 Å². The van der Waals surface area contributed by atoms with Crippen LogP contribution in [-0.2, 0) is 14.3 Å². The van der Waals surface area contributed by atoms with Gasteiger partial charge in [-0.2, -0.15) is 0 Å². The molecule has 1 saturated heterocycles. The fourth-order valence-corrected chi connectivity index (χ4v) is 0.893. The molecule has 1 unspecified atom stereocenters. The lowest BCUT2D eigenvalue weighted by atomic mass is 10.2. The third-order valence-electron chi connectivity index (χ3n) is 1.62. The molecule has 12 heavy (non-hydrogen) atoms. The van der Waals surface area contributed by atoms with E-state index in [1.165, 1.54) is 0 Å². The van der Waals surface area contributed by atoms with Gasteiger partial charge in [-0.05, 0) is 0 Å². The van der Waals surface area contributed by atoms with E-state index in [-0.39, 0.29) is 18.1 Å². The van der Waals surface area contributed by atoms with Crippen molar-refractivity contribution >= 4 is 5.97 Å². The normalized spacial score (nSPS) is 24.1. The molecule has 4 heteroatoms. The van der Waals surface area contributed by atoms with Crippen LogP contribution in [0.4, 0.5) is 0 Å². The standard InChI is InChI=1S/C8H15NO3/c1-6(2)8(10)12-7-5-11-4-3-9-7/h6-7,9H,3-5H2,1-2H3. The van der Waals surface area contributed by atoms with Crippen LogP contribution in [0.15, 0.2) is 0 Å². The van der Waals surface area contributed by atoms with Crippen molar-refractivity contribution in [1.82, 2.24) is 5.32 Å². The first-order valence-electron chi connectivity index (χ1n) is 4.22. The molecule has 0 amide bonds. The van der Waals surface area contributed by atoms with Crippen molar-refractivity contribution in [1.29, 1.82) is 0 Å². The van der Waals surface area contributed by atoms with Crippen molar-refractivity contribution in [2.24, 2.45) is 5.92 Å². The van der Waals surface area contributed by atoms with Crippen LogP contribution in [0.1, 0.15) is 13.8 Å². The fraction of sp³-hybridized carbons (Fsp3) is 0.875. The Morgan fingerprint density at radius 2 is 2.42 bits per heavy atom. The van der Waals surface area contributed by atoms with E-state index in [4.69, 9.17) is 9.47 Å². The summed E-state index contributed by atoms with van der Waals surface area (Å²) in [6.07, 6.45) is -0.256. The smallest absolute Gasteiger partial charge is 0.310 e. The maximum absolute atomic E-state index is 11.1. The second-order valence-electron chi connectivity index (χ2n) is 3.11. The highest BCUT2D eigenvalue weighted by Crippen LogP contribution is 2.01. The number of morpholine rings is 1. The number of nitrogens with one attached hydrogen (secondary N) is 1. The Kier molecular flexibility index (Phi) is 3.49. The molecule has 0 aromatic carbocycles. The van der Waals surface area contributed by atoms with Crippen molar-refractivity contribution in [2.75, 3.05) is 19.8 Å². The van der Waals surface area contributed by atoms with Gasteiger partial charge in [-0.1, -0.05) is 13.8 Å². The Morgan fingerprint density at radius 3 is 2.92 bits per heavy atom. The lowest BCUT2D eigenvalue weighted by Gasteiger charge is -2.24. The summed E-state index contributed by atoms with van der Waals surface area (Å²) in [6, 6.07) is 0. The molecule has 1 atom stereocenters. The summed E-state index contributed by atoms with van der Waals surface area (Å²) in [5, 5.41) is 3.04. The largest absolute Gasteiger partial charge is 0.444 e. The van der Waals surface area contributed by atoms with Gasteiger partial charge in [0.15, 0.2) is 6.23 Å². The molecule has 0 radical (unpaired) electrons. The minimum atomic E-state index is -0.256. The van der Waals surface area contributed by atoms with E-state index in [1.807, 2.05) is 13.8 Å². The summed E-state index contributed by atoms with van der Waals surface area (Å²) >= 11 is 0. The van der Waals surface area contributed by atoms with E-state index in [0.29, 0.717) is 13.2 Å². The maximum Gasteiger partial charge on any atom is 0.310 e. The maximum atomic E-state index is 11.1. The van der Waals surface area contributed by atoms with Gasteiger partial charge in [0.1, 0.15) is 0 Å². The van der Waals surface area contributed by atoms with Crippen molar-refractivity contribution in [3.8, 4) is 0 Å². The van der Waals surface area contributed by atoms with Gasteiger partial charge in [0, 0.05) is 6.54 Å². The summed E-state index contributed by atoms with van der Waals surface area (Å²) in [4.78, 5) is 11.1. The van der Waals surface area contributed by atoms with Crippen molar-refractivity contribution < 1.29 is 14.3 Å². The Morgan fingerprint density at radius 1 is 1.67 bits per heavy atom. The van der Waals surface area contributed by atoms with Crippen molar-refractivity contribution in [3.05, 3.63) is 0 Å². The van der Waals surface area contributed by atoms with E-state index in [0.717, 1.165) is 6.54 Å². The van der Waals surface area contributed by atoms with Gasteiger partial charge in [-0.3, -0.25) is 10.1 Å². The average Bonchev–Trinajstić information content (AvgIpc) is 2.06. The summed E-state index contributed by atoms with van der Waals surface area (Å²) in [7, 11) is 0. The number of hydrogen-bond donors (Lipinski definition) is 1. The van der Waals surface area contributed by atoms with E-state index in [2.05, 4.69) is 5.32 Å². The van der Waals surface area contributed by atoms with Crippen LogP contribution < -0.4 is 5.32 Å². The van der Waals surface area contributed by atoms with E-state index in [1.54, 1.807) is 0 Å². The molecule has 70 valence electrons. The predicted molar refractivity (Wildman–Crippen MR) is 43.5 cm³/mol. The molecule has 0 spiro atoms. The minimum Gasteiger partial charge on any atom is -0.444 e. The first-order chi connectivity index (χ1) is 5.70. The van der Waals surface area contributed by atoms with Crippen LogP contribution in [0.2, 0.25) is 0 Å². The molecule has 0 aromatic rings. The highest BCUT2D eigenvalue weighted by atomic mass is 16.6. The topological polar surface area (TPSA) is 47.6 Å². The minimum absolute atomic E-state index is 0.0753. The Bertz CT molecular complexity index is 152. The van der Waals surface area contributed by atoms with Crippen LogP contribution in [0, 0.1) is 5.92 Å². The molecule has 1 aliphatic heterocycles. The third kappa shape index (κ3) is 2.79. The molecule has 0 saturated carbocycles.